The van der Waals surface area contributed by atoms with Crippen molar-refractivity contribution >= 4 is 27.5 Å². The van der Waals surface area contributed by atoms with E-state index in [0.29, 0.717) is 18.5 Å². The van der Waals surface area contributed by atoms with Crippen molar-refractivity contribution in [1.29, 1.82) is 0 Å². The standard InChI is InChI=1S/C32H41N3O4S/c1-6-25(4)33-32(37)30(21-26-13-9-8-10-14-26)34(22-27-19-17-24(3)18-20-27)31(36)23-35(40(5,38)39)29-16-12-11-15-28(29)7-2/h8-20,25,30H,6-7,21-23H2,1-5H3,(H,33,37). The fourth-order valence-electron chi connectivity index (χ4n) is 4.53. The number of nitrogens with zero attached hydrogens (tertiary/aromatic N) is 2. The van der Waals surface area contributed by atoms with Crippen molar-refractivity contribution in [3.63, 3.8) is 0 Å². The first-order valence-electron chi connectivity index (χ1n) is 13.8. The minimum Gasteiger partial charge on any atom is -0.352 e. The Morgan fingerprint density at radius 3 is 2.10 bits per heavy atom. The second kappa shape index (κ2) is 14.1. The van der Waals surface area contributed by atoms with Crippen LogP contribution in [0.1, 0.15) is 49.4 Å². The van der Waals surface area contributed by atoms with Gasteiger partial charge >= 0.3 is 0 Å². The zero-order valence-corrected chi connectivity index (χ0v) is 24.9. The number of carbonyl (C=O) groups is 2. The highest BCUT2D eigenvalue weighted by molar-refractivity contribution is 7.92. The fraction of sp³-hybridized carbons (Fsp3) is 0.375. The molecule has 3 aromatic rings. The van der Waals surface area contributed by atoms with Crippen LogP contribution in [0.2, 0.25) is 0 Å². The Balaban J connectivity index is 2.07. The summed E-state index contributed by atoms with van der Waals surface area (Å²) in [5.41, 5.74) is 4.13. The van der Waals surface area contributed by atoms with Crippen LogP contribution >= 0.6 is 0 Å². The van der Waals surface area contributed by atoms with Gasteiger partial charge in [0.15, 0.2) is 0 Å². The first-order chi connectivity index (χ1) is 19.0. The Morgan fingerprint density at radius 2 is 1.50 bits per heavy atom. The molecule has 7 nitrogen and oxygen atoms in total. The summed E-state index contributed by atoms with van der Waals surface area (Å²) in [6.07, 6.45) is 2.75. The summed E-state index contributed by atoms with van der Waals surface area (Å²) in [6.45, 7) is 7.60. The molecule has 0 bridgehead atoms. The summed E-state index contributed by atoms with van der Waals surface area (Å²) < 4.78 is 27.2. The van der Waals surface area contributed by atoms with Crippen LogP contribution < -0.4 is 9.62 Å². The van der Waals surface area contributed by atoms with Crippen LogP contribution in [0.3, 0.4) is 0 Å². The van der Waals surface area contributed by atoms with Crippen molar-refractivity contribution < 1.29 is 18.0 Å². The third-order valence-electron chi connectivity index (χ3n) is 7.07. The van der Waals surface area contributed by atoms with Gasteiger partial charge in [-0.1, -0.05) is 92.2 Å². The van der Waals surface area contributed by atoms with E-state index in [9.17, 15) is 18.0 Å². The largest absolute Gasteiger partial charge is 0.352 e. The van der Waals surface area contributed by atoms with Gasteiger partial charge in [-0.3, -0.25) is 13.9 Å². The molecule has 40 heavy (non-hydrogen) atoms. The molecule has 3 aromatic carbocycles. The van der Waals surface area contributed by atoms with Crippen molar-refractivity contribution in [2.24, 2.45) is 0 Å². The molecule has 3 rings (SSSR count). The Hall–Kier alpha value is -3.65. The average molecular weight is 564 g/mol. The molecule has 1 N–H and O–H groups in total. The van der Waals surface area contributed by atoms with E-state index in [1.165, 1.54) is 4.90 Å². The molecular weight excluding hydrogens is 522 g/mol. The SMILES string of the molecule is CCc1ccccc1N(CC(=O)N(Cc1ccc(C)cc1)C(Cc1ccccc1)C(=O)NC(C)CC)S(C)(=O)=O. The lowest BCUT2D eigenvalue weighted by molar-refractivity contribution is -0.140. The molecular formula is C32H41N3O4S. The Bertz CT molecular complexity index is 1370. The van der Waals surface area contributed by atoms with Gasteiger partial charge in [0.2, 0.25) is 21.8 Å². The van der Waals surface area contributed by atoms with Crippen LogP contribution in [-0.2, 0) is 39.0 Å². The lowest BCUT2D eigenvalue weighted by Gasteiger charge is -2.34. The molecule has 0 spiro atoms. The van der Waals surface area contributed by atoms with Crippen LogP contribution in [0, 0.1) is 6.92 Å². The van der Waals surface area contributed by atoms with Crippen LogP contribution in [0.25, 0.3) is 0 Å². The molecule has 214 valence electrons. The molecule has 0 aliphatic heterocycles. The van der Waals surface area contributed by atoms with E-state index in [4.69, 9.17) is 0 Å². The van der Waals surface area contributed by atoms with Crippen molar-refractivity contribution in [3.8, 4) is 0 Å². The molecule has 8 heteroatoms. The molecule has 0 aliphatic carbocycles. The molecule has 0 saturated carbocycles. The van der Waals surface area contributed by atoms with Crippen LogP contribution in [0.4, 0.5) is 5.69 Å². The van der Waals surface area contributed by atoms with Gasteiger partial charge in [0, 0.05) is 19.0 Å². The number of hydrogen-bond acceptors (Lipinski definition) is 4. The monoisotopic (exact) mass is 563 g/mol. The predicted molar refractivity (Wildman–Crippen MR) is 162 cm³/mol. The van der Waals surface area contributed by atoms with Gasteiger partial charge in [-0.2, -0.15) is 0 Å². The second-order valence-corrected chi connectivity index (χ2v) is 12.2. The first kappa shape index (κ1) is 30.9. The van der Waals surface area contributed by atoms with Gasteiger partial charge in [0.1, 0.15) is 12.6 Å². The zero-order chi connectivity index (χ0) is 29.3. The number of para-hydroxylation sites is 1. The number of benzene rings is 3. The second-order valence-electron chi connectivity index (χ2n) is 10.3. The summed E-state index contributed by atoms with van der Waals surface area (Å²) in [5.74, 6) is -0.712. The number of anilines is 1. The van der Waals surface area contributed by atoms with Gasteiger partial charge in [0.25, 0.3) is 0 Å². The van der Waals surface area contributed by atoms with Crippen molar-refractivity contribution in [2.45, 2.75) is 65.6 Å². The molecule has 0 saturated heterocycles. The van der Waals surface area contributed by atoms with E-state index in [1.807, 2.05) is 94.4 Å². The summed E-state index contributed by atoms with van der Waals surface area (Å²) in [5, 5.41) is 3.05. The lowest BCUT2D eigenvalue weighted by atomic mass is 10.0. The number of carbonyl (C=O) groups excluding carboxylic acids is 2. The van der Waals surface area contributed by atoms with Gasteiger partial charge in [0.05, 0.1) is 11.9 Å². The quantitative estimate of drug-likeness (QED) is 0.321. The van der Waals surface area contributed by atoms with Crippen molar-refractivity contribution in [1.82, 2.24) is 10.2 Å². The first-order valence-corrected chi connectivity index (χ1v) is 15.6. The topological polar surface area (TPSA) is 86.8 Å². The molecule has 0 fully saturated rings. The highest BCUT2D eigenvalue weighted by Gasteiger charge is 2.33. The van der Waals surface area contributed by atoms with E-state index in [0.717, 1.165) is 39.2 Å². The fourth-order valence-corrected chi connectivity index (χ4v) is 5.41. The van der Waals surface area contributed by atoms with E-state index in [-0.39, 0.29) is 18.5 Å². The highest BCUT2D eigenvalue weighted by atomic mass is 32.2. The highest BCUT2D eigenvalue weighted by Crippen LogP contribution is 2.24. The van der Waals surface area contributed by atoms with E-state index < -0.39 is 28.5 Å². The number of amides is 2. The molecule has 2 unspecified atom stereocenters. The molecule has 2 amide bonds. The number of hydrogen-bond donors (Lipinski definition) is 1. The van der Waals surface area contributed by atoms with Gasteiger partial charge in [-0.25, -0.2) is 8.42 Å². The molecule has 0 aromatic heterocycles. The lowest BCUT2D eigenvalue weighted by Crippen LogP contribution is -2.54. The maximum atomic E-state index is 14.2. The molecule has 0 aliphatic rings. The number of rotatable bonds is 13. The van der Waals surface area contributed by atoms with Crippen molar-refractivity contribution in [3.05, 3.63) is 101 Å². The summed E-state index contributed by atoms with van der Waals surface area (Å²) in [7, 11) is -3.80. The normalized spacial score (nSPS) is 12.8. The van der Waals surface area contributed by atoms with Crippen LogP contribution in [0.15, 0.2) is 78.9 Å². The Morgan fingerprint density at radius 1 is 0.875 bits per heavy atom. The van der Waals surface area contributed by atoms with E-state index >= 15 is 0 Å². The zero-order valence-electron chi connectivity index (χ0n) is 24.1. The maximum Gasteiger partial charge on any atom is 0.244 e. The summed E-state index contributed by atoms with van der Waals surface area (Å²) in [4.78, 5) is 29.4. The number of sulfonamides is 1. The molecule has 0 heterocycles. The van der Waals surface area contributed by atoms with E-state index in [2.05, 4.69) is 5.32 Å². The molecule has 0 radical (unpaired) electrons. The Kier molecular flexibility index (Phi) is 10.9. The summed E-state index contributed by atoms with van der Waals surface area (Å²) >= 11 is 0. The number of aryl methyl sites for hydroxylation is 2. The van der Waals surface area contributed by atoms with E-state index in [1.54, 1.807) is 12.1 Å². The minimum absolute atomic E-state index is 0.0777. The average Bonchev–Trinajstić information content (AvgIpc) is 2.94. The van der Waals surface area contributed by atoms with Gasteiger partial charge in [-0.15, -0.1) is 0 Å². The third kappa shape index (κ3) is 8.42. The van der Waals surface area contributed by atoms with Crippen molar-refractivity contribution in [2.75, 3.05) is 17.1 Å². The van der Waals surface area contributed by atoms with Crippen LogP contribution in [0.5, 0.6) is 0 Å². The minimum atomic E-state index is -3.80. The summed E-state index contributed by atoms with van der Waals surface area (Å²) in [6, 6.07) is 23.6. The van der Waals surface area contributed by atoms with Crippen LogP contribution in [-0.4, -0.2) is 50.0 Å². The Labute approximate surface area is 239 Å². The predicted octanol–water partition coefficient (Wildman–Crippen LogP) is 4.88. The smallest absolute Gasteiger partial charge is 0.244 e. The van der Waals surface area contributed by atoms with Gasteiger partial charge < -0.3 is 10.2 Å². The number of nitrogens with one attached hydrogen (secondary N) is 1. The molecule has 2 atom stereocenters. The van der Waals surface area contributed by atoms with Gasteiger partial charge in [-0.05, 0) is 49.4 Å². The maximum absolute atomic E-state index is 14.2. The third-order valence-corrected chi connectivity index (χ3v) is 8.19.